The molecule has 9 heteroatoms. The molecular formula is C24H19FN6O2. The van der Waals surface area contributed by atoms with Gasteiger partial charge in [0, 0.05) is 35.1 Å². The first-order chi connectivity index (χ1) is 16.1. The molecule has 3 aromatic heterocycles. The van der Waals surface area contributed by atoms with E-state index in [0.717, 1.165) is 10.9 Å². The van der Waals surface area contributed by atoms with E-state index in [1.165, 1.54) is 18.5 Å². The molecule has 5 rings (SSSR count). The first kappa shape index (κ1) is 20.5. The Morgan fingerprint density at radius 2 is 1.79 bits per heavy atom. The van der Waals surface area contributed by atoms with Crippen LogP contribution in [0.25, 0.3) is 22.3 Å². The second-order valence-electron chi connectivity index (χ2n) is 7.29. The van der Waals surface area contributed by atoms with Crippen molar-refractivity contribution >= 4 is 22.4 Å². The molecule has 33 heavy (non-hydrogen) atoms. The van der Waals surface area contributed by atoms with Gasteiger partial charge < -0.3 is 14.2 Å². The molecule has 0 aliphatic heterocycles. The highest BCUT2D eigenvalue weighted by atomic mass is 19.1. The van der Waals surface area contributed by atoms with Gasteiger partial charge in [-0.05, 0) is 55.5 Å². The van der Waals surface area contributed by atoms with Crippen LogP contribution in [0.15, 0.2) is 77.8 Å². The Balaban J connectivity index is 1.63. The van der Waals surface area contributed by atoms with E-state index in [4.69, 9.17) is 9.26 Å². The molecule has 0 N–H and O–H groups in total. The second-order valence-corrected chi connectivity index (χ2v) is 7.29. The Hall–Kier alpha value is -4.40. The highest BCUT2D eigenvalue weighted by molar-refractivity contribution is 5.92. The van der Waals surface area contributed by atoms with E-state index in [0.29, 0.717) is 34.5 Å². The van der Waals surface area contributed by atoms with E-state index in [9.17, 15) is 4.39 Å². The van der Waals surface area contributed by atoms with Crippen molar-refractivity contribution in [2.45, 2.75) is 13.0 Å². The number of hydrogen-bond donors (Lipinski definition) is 0. The molecule has 164 valence electrons. The Morgan fingerprint density at radius 1 is 1.00 bits per heavy atom. The summed E-state index contributed by atoms with van der Waals surface area (Å²) in [4.78, 5) is 19.5. The molecule has 3 heterocycles. The van der Waals surface area contributed by atoms with Gasteiger partial charge in [-0.1, -0.05) is 5.16 Å². The van der Waals surface area contributed by atoms with Crippen LogP contribution in [-0.4, -0.2) is 32.2 Å². The third-order valence-corrected chi connectivity index (χ3v) is 5.28. The smallest absolute Gasteiger partial charge is 0.249 e. The van der Waals surface area contributed by atoms with Crippen molar-refractivity contribution in [3.05, 3.63) is 85.0 Å². The second kappa shape index (κ2) is 8.62. The number of halogens is 1. The summed E-state index contributed by atoms with van der Waals surface area (Å²) in [5.41, 5.74) is 2.21. The summed E-state index contributed by atoms with van der Waals surface area (Å²) in [6.07, 6.45) is 4.82. The fraction of sp³-hybridized carbons (Fsp3) is 0.125. The lowest BCUT2D eigenvalue weighted by Crippen LogP contribution is -2.23. The molecule has 0 amide bonds. The van der Waals surface area contributed by atoms with Gasteiger partial charge in [0.15, 0.2) is 0 Å². The lowest BCUT2D eigenvalue weighted by molar-refractivity contribution is 0.360. The predicted octanol–water partition coefficient (Wildman–Crippen LogP) is 5.12. The maximum Gasteiger partial charge on any atom is 0.249 e. The fourth-order valence-corrected chi connectivity index (χ4v) is 3.61. The summed E-state index contributed by atoms with van der Waals surface area (Å²) in [7, 11) is 1.60. The number of fused-ring (bicyclic) bond motifs is 1. The van der Waals surface area contributed by atoms with Gasteiger partial charge in [-0.2, -0.15) is 4.98 Å². The van der Waals surface area contributed by atoms with Crippen LogP contribution < -0.4 is 9.64 Å². The molecular weight excluding hydrogens is 423 g/mol. The van der Waals surface area contributed by atoms with Crippen molar-refractivity contribution in [2.75, 3.05) is 12.0 Å². The van der Waals surface area contributed by atoms with Crippen LogP contribution >= 0.6 is 0 Å². The van der Waals surface area contributed by atoms with E-state index in [-0.39, 0.29) is 5.82 Å². The van der Waals surface area contributed by atoms with Gasteiger partial charge in [-0.15, -0.1) is 0 Å². The fourth-order valence-electron chi connectivity index (χ4n) is 3.61. The number of aromatic nitrogens is 5. The van der Waals surface area contributed by atoms with Crippen molar-refractivity contribution in [2.24, 2.45) is 0 Å². The zero-order valence-electron chi connectivity index (χ0n) is 17.9. The largest absolute Gasteiger partial charge is 0.497 e. The number of ether oxygens (including phenoxy) is 1. The maximum absolute atomic E-state index is 13.7. The van der Waals surface area contributed by atoms with Crippen LogP contribution in [0.2, 0.25) is 0 Å². The van der Waals surface area contributed by atoms with Crippen LogP contribution in [0.5, 0.6) is 5.75 Å². The number of pyridine rings is 1. The van der Waals surface area contributed by atoms with Gasteiger partial charge in [0.25, 0.3) is 0 Å². The van der Waals surface area contributed by atoms with Crippen LogP contribution in [-0.2, 0) is 0 Å². The molecule has 0 spiro atoms. The SMILES string of the molecule is COc1ccc2c(N(c3ccc(F)cc3)C(C)c3nc(-c4ccncc4)no3)ncnc2c1. The summed E-state index contributed by atoms with van der Waals surface area (Å²) >= 11 is 0. The van der Waals surface area contributed by atoms with Crippen LogP contribution in [0.4, 0.5) is 15.9 Å². The number of methoxy groups -OCH3 is 1. The molecule has 1 unspecified atom stereocenters. The van der Waals surface area contributed by atoms with Gasteiger partial charge in [0.2, 0.25) is 11.7 Å². The summed E-state index contributed by atoms with van der Waals surface area (Å²) in [6, 6.07) is 14.9. The molecule has 8 nitrogen and oxygen atoms in total. The minimum atomic E-state index is -0.418. The Bertz CT molecular complexity index is 1390. The molecule has 0 radical (unpaired) electrons. The highest BCUT2D eigenvalue weighted by Gasteiger charge is 2.27. The molecule has 0 fully saturated rings. The molecule has 5 aromatic rings. The van der Waals surface area contributed by atoms with E-state index in [1.54, 1.807) is 31.6 Å². The van der Waals surface area contributed by atoms with Gasteiger partial charge >= 0.3 is 0 Å². The number of rotatable bonds is 6. The van der Waals surface area contributed by atoms with E-state index in [1.807, 2.05) is 42.2 Å². The molecule has 2 aromatic carbocycles. The number of hydrogen-bond acceptors (Lipinski definition) is 8. The number of anilines is 2. The summed E-state index contributed by atoms with van der Waals surface area (Å²) in [5.74, 6) is 1.81. The zero-order chi connectivity index (χ0) is 22.8. The normalized spacial score (nSPS) is 12.0. The summed E-state index contributed by atoms with van der Waals surface area (Å²) in [6.45, 7) is 1.92. The first-order valence-electron chi connectivity index (χ1n) is 10.2. The monoisotopic (exact) mass is 442 g/mol. The van der Waals surface area contributed by atoms with Crippen molar-refractivity contribution in [1.29, 1.82) is 0 Å². The van der Waals surface area contributed by atoms with Crippen LogP contribution in [0, 0.1) is 5.82 Å². The molecule has 0 saturated heterocycles. The summed E-state index contributed by atoms with van der Waals surface area (Å²) in [5, 5.41) is 4.92. The molecule has 1 atom stereocenters. The van der Waals surface area contributed by atoms with Gasteiger partial charge in [0.05, 0.1) is 12.6 Å². The van der Waals surface area contributed by atoms with Crippen molar-refractivity contribution in [1.82, 2.24) is 25.1 Å². The van der Waals surface area contributed by atoms with Crippen LogP contribution in [0.3, 0.4) is 0 Å². The lowest BCUT2D eigenvalue weighted by atomic mass is 10.1. The minimum Gasteiger partial charge on any atom is -0.497 e. The maximum atomic E-state index is 13.7. The molecule has 0 aliphatic carbocycles. The average Bonchev–Trinajstić information content (AvgIpc) is 3.36. The molecule has 0 saturated carbocycles. The van der Waals surface area contributed by atoms with E-state index in [2.05, 4.69) is 25.1 Å². The first-order valence-corrected chi connectivity index (χ1v) is 10.2. The van der Waals surface area contributed by atoms with Crippen molar-refractivity contribution in [3.63, 3.8) is 0 Å². The number of nitrogens with zero attached hydrogens (tertiary/aromatic N) is 6. The van der Waals surface area contributed by atoms with Gasteiger partial charge in [-0.25, -0.2) is 14.4 Å². The molecule has 0 bridgehead atoms. The molecule has 0 aliphatic rings. The average molecular weight is 442 g/mol. The lowest BCUT2D eigenvalue weighted by Gasteiger charge is -2.29. The summed E-state index contributed by atoms with van der Waals surface area (Å²) < 4.78 is 24.6. The Labute approximate surface area is 188 Å². The quantitative estimate of drug-likeness (QED) is 0.358. The third kappa shape index (κ3) is 3.96. The predicted molar refractivity (Wildman–Crippen MR) is 121 cm³/mol. The topological polar surface area (TPSA) is 90.1 Å². The number of benzene rings is 2. The van der Waals surface area contributed by atoms with Crippen molar-refractivity contribution < 1.29 is 13.7 Å². The van der Waals surface area contributed by atoms with E-state index >= 15 is 0 Å². The van der Waals surface area contributed by atoms with E-state index < -0.39 is 6.04 Å². The Kier molecular flexibility index (Phi) is 5.35. The van der Waals surface area contributed by atoms with Gasteiger partial charge in [-0.3, -0.25) is 4.98 Å². The minimum absolute atomic E-state index is 0.332. The van der Waals surface area contributed by atoms with Crippen LogP contribution in [0.1, 0.15) is 18.9 Å². The third-order valence-electron chi connectivity index (χ3n) is 5.28. The standard InChI is InChI=1S/C24H19FN6O2/c1-15(24-29-22(30-33-24)16-9-11-26-12-10-16)31(18-5-3-17(25)4-6-18)23-20-8-7-19(32-2)13-21(20)27-14-28-23/h3-15H,1-2H3. The van der Waals surface area contributed by atoms with Gasteiger partial charge in [0.1, 0.15) is 29.8 Å². The van der Waals surface area contributed by atoms with Crippen molar-refractivity contribution in [3.8, 4) is 17.1 Å². The zero-order valence-corrected chi connectivity index (χ0v) is 17.9. The highest BCUT2D eigenvalue weighted by Crippen LogP contribution is 2.37. The Morgan fingerprint density at radius 3 is 2.55 bits per heavy atom.